The number of carbonyl (C=O) groups excluding carboxylic acids is 1. The molecule has 1 aromatic carbocycles. The van der Waals surface area contributed by atoms with Crippen LogP contribution in [-0.2, 0) is 11.3 Å². The van der Waals surface area contributed by atoms with E-state index in [1.165, 1.54) is 6.08 Å². The Morgan fingerprint density at radius 2 is 2.17 bits per heavy atom. The van der Waals surface area contributed by atoms with Gasteiger partial charge in [0, 0.05) is 6.08 Å². The first kappa shape index (κ1) is 11.8. The Labute approximate surface area is 103 Å². The molecule has 0 bridgehead atoms. The zero-order valence-electron chi connectivity index (χ0n) is 9.37. The number of phenols is 1. The first-order valence-corrected chi connectivity index (χ1v) is 5.21. The summed E-state index contributed by atoms with van der Waals surface area (Å²) in [7, 11) is 0. The molecule has 0 radical (unpaired) electrons. The second-order valence-corrected chi connectivity index (χ2v) is 3.47. The van der Waals surface area contributed by atoms with Crippen LogP contribution in [0.2, 0.25) is 0 Å². The molecule has 1 aromatic heterocycles. The summed E-state index contributed by atoms with van der Waals surface area (Å²) in [6.07, 6.45) is 3.04. The summed E-state index contributed by atoms with van der Waals surface area (Å²) >= 11 is 0. The molecule has 7 nitrogen and oxygen atoms in total. The van der Waals surface area contributed by atoms with Crippen LogP contribution in [0, 0.1) is 0 Å². The zero-order chi connectivity index (χ0) is 12.8. The van der Waals surface area contributed by atoms with Gasteiger partial charge in [-0.2, -0.15) is 5.21 Å². The Bertz CT molecular complexity index is 533. The number of nitrogens with one attached hydrogen (secondary N) is 2. The zero-order valence-corrected chi connectivity index (χ0v) is 9.37. The molecule has 18 heavy (non-hydrogen) atoms. The van der Waals surface area contributed by atoms with Crippen molar-refractivity contribution in [1.29, 1.82) is 0 Å². The van der Waals surface area contributed by atoms with E-state index in [0.29, 0.717) is 5.82 Å². The van der Waals surface area contributed by atoms with Crippen LogP contribution in [0.1, 0.15) is 11.4 Å². The van der Waals surface area contributed by atoms with E-state index in [9.17, 15) is 4.79 Å². The van der Waals surface area contributed by atoms with Crippen LogP contribution < -0.4 is 5.32 Å². The third-order valence-electron chi connectivity index (χ3n) is 2.13. The van der Waals surface area contributed by atoms with Gasteiger partial charge in [0.2, 0.25) is 5.91 Å². The molecular weight excluding hydrogens is 234 g/mol. The minimum Gasteiger partial charge on any atom is -0.508 e. The molecule has 0 spiro atoms. The molecule has 7 heteroatoms. The summed E-state index contributed by atoms with van der Waals surface area (Å²) in [5, 5.41) is 24.8. The van der Waals surface area contributed by atoms with Crippen LogP contribution in [-0.4, -0.2) is 31.6 Å². The molecule has 92 valence electrons. The summed E-state index contributed by atoms with van der Waals surface area (Å²) < 4.78 is 0. The highest BCUT2D eigenvalue weighted by Gasteiger charge is 1.99. The predicted molar refractivity (Wildman–Crippen MR) is 63.2 cm³/mol. The van der Waals surface area contributed by atoms with E-state index in [2.05, 4.69) is 25.9 Å². The van der Waals surface area contributed by atoms with Gasteiger partial charge >= 0.3 is 0 Å². The summed E-state index contributed by atoms with van der Waals surface area (Å²) in [4.78, 5) is 11.4. The topological polar surface area (TPSA) is 104 Å². The number of nitrogens with zero attached hydrogens (tertiary/aromatic N) is 3. The third kappa shape index (κ3) is 3.41. The lowest BCUT2D eigenvalue weighted by Gasteiger charge is -1.97. The van der Waals surface area contributed by atoms with Gasteiger partial charge in [0.05, 0.1) is 6.54 Å². The Morgan fingerprint density at radius 1 is 1.39 bits per heavy atom. The molecule has 0 aliphatic carbocycles. The van der Waals surface area contributed by atoms with Crippen LogP contribution in [0.15, 0.2) is 30.3 Å². The van der Waals surface area contributed by atoms with Crippen LogP contribution >= 0.6 is 0 Å². The largest absolute Gasteiger partial charge is 0.508 e. The second kappa shape index (κ2) is 5.58. The fourth-order valence-electron chi connectivity index (χ4n) is 1.24. The smallest absolute Gasteiger partial charge is 0.244 e. The van der Waals surface area contributed by atoms with Crippen LogP contribution in [0.4, 0.5) is 0 Å². The van der Waals surface area contributed by atoms with Crippen molar-refractivity contribution in [2.45, 2.75) is 6.54 Å². The average molecular weight is 245 g/mol. The first-order chi connectivity index (χ1) is 8.74. The minimum atomic E-state index is -0.257. The van der Waals surface area contributed by atoms with E-state index in [1.807, 2.05) is 0 Å². The highest BCUT2D eigenvalue weighted by molar-refractivity contribution is 5.91. The summed E-state index contributed by atoms with van der Waals surface area (Å²) in [6.45, 7) is 0.218. The van der Waals surface area contributed by atoms with Crippen molar-refractivity contribution in [2.24, 2.45) is 0 Å². The highest BCUT2D eigenvalue weighted by Crippen LogP contribution is 2.10. The predicted octanol–water partition coefficient (Wildman–Crippen LogP) is 0.235. The van der Waals surface area contributed by atoms with Crippen LogP contribution in [0.25, 0.3) is 6.08 Å². The molecule has 0 saturated carbocycles. The summed E-state index contributed by atoms with van der Waals surface area (Å²) in [5.41, 5.74) is 0.822. The lowest BCUT2D eigenvalue weighted by Crippen LogP contribution is -2.20. The Balaban J connectivity index is 1.85. The maximum atomic E-state index is 11.4. The number of benzene rings is 1. The van der Waals surface area contributed by atoms with Crippen LogP contribution in [0.3, 0.4) is 0 Å². The quantitative estimate of drug-likeness (QED) is 0.669. The molecule has 2 aromatic rings. The average Bonchev–Trinajstić information content (AvgIpc) is 2.89. The Kier molecular flexibility index (Phi) is 3.65. The van der Waals surface area contributed by atoms with Gasteiger partial charge in [-0.25, -0.2) is 0 Å². The summed E-state index contributed by atoms with van der Waals surface area (Å²) in [6, 6.07) is 6.52. The molecule has 0 atom stereocenters. The van der Waals surface area contributed by atoms with Gasteiger partial charge in [-0.05, 0) is 23.8 Å². The first-order valence-electron chi connectivity index (χ1n) is 5.21. The molecule has 0 saturated heterocycles. The number of aromatic nitrogens is 4. The Morgan fingerprint density at radius 3 is 2.83 bits per heavy atom. The Hall–Kier alpha value is -2.70. The number of carbonyl (C=O) groups is 1. The lowest BCUT2D eigenvalue weighted by molar-refractivity contribution is -0.116. The van der Waals surface area contributed by atoms with Gasteiger partial charge in [-0.15, -0.1) is 10.2 Å². The molecule has 0 fully saturated rings. The van der Waals surface area contributed by atoms with E-state index in [-0.39, 0.29) is 18.2 Å². The van der Waals surface area contributed by atoms with Crippen molar-refractivity contribution < 1.29 is 9.90 Å². The number of aromatic hydroxyl groups is 1. The van der Waals surface area contributed by atoms with E-state index in [4.69, 9.17) is 5.11 Å². The standard InChI is InChI=1S/C11H11N5O2/c17-9-4-1-8(2-5-9)3-6-11(18)12-7-10-13-15-16-14-10/h1-6,17H,7H2,(H,12,18)(H,13,14,15,16)/b6-3+. The molecule has 2 rings (SSSR count). The van der Waals surface area contributed by atoms with Gasteiger partial charge in [0.25, 0.3) is 0 Å². The number of phenolic OH excluding ortho intramolecular Hbond substituents is 1. The highest BCUT2D eigenvalue weighted by atomic mass is 16.3. The molecule has 0 aliphatic rings. The normalized spacial score (nSPS) is 10.7. The number of tetrazole rings is 1. The monoisotopic (exact) mass is 245 g/mol. The van der Waals surface area contributed by atoms with Gasteiger partial charge < -0.3 is 10.4 Å². The van der Waals surface area contributed by atoms with Crippen LogP contribution in [0.5, 0.6) is 5.75 Å². The van der Waals surface area contributed by atoms with Gasteiger partial charge in [-0.3, -0.25) is 4.79 Å². The molecule has 3 N–H and O–H groups in total. The van der Waals surface area contributed by atoms with Gasteiger partial charge in [0.1, 0.15) is 5.75 Å². The summed E-state index contributed by atoms with van der Waals surface area (Å²) in [5.74, 6) is 0.350. The molecule has 0 unspecified atom stereocenters. The minimum absolute atomic E-state index is 0.189. The van der Waals surface area contributed by atoms with Crippen molar-refractivity contribution in [3.8, 4) is 5.75 Å². The maximum absolute atomic E-state index is 11.4. The third-order valence-corrected chi connectivity index (χ3v) is 2.13. The fraction of sp³-hybridized carbons (Fsp3) is 0.0909. The SMILES string of the molecule is O=C(/C=C/c1ccc(O)cc1)NCc1nn[nH]n1. The lowest BCUT2D eigenvalue weighted by atomic mass is 10.2. The molecular formula is C11H11N5O2. The van der Waals surface area contributed by atoms with E-state index in [1.54, 1.807) is 30.3 Å². The number of hydrogen-bond donors (Lipinski definition) is 3. The van der Waals surface area contributed by atoms with Crippen molar-refractivity contribution in [1.82, 2.24) is 25.9 Å². The number of aromatic amines is 1. The van der Waals surface area contributed by atoms with E-state index >= 15 is 0 Å². The second-order valence-electron chi connectivity index (χ2n) is 3.47. The molecule has 1 heterocycles. The molecule has 0 aliphatic heterocycles. The van der Waals surface area contributed by atoms with Crippen molar-refractivity contribution in [3.63, 3.8) is 0 Å². The van der Waals surface area contributed by atoms with Gasteiger partial charge in [-0.1, -0.05) is 17.3 Å². The fourth-order valence-corrected chi connectivity index (χ4v) is 1.24. The van der Waals surface area contributed by atoms with Crippen molar-refractivity contribution in [2.75, 3.05) is 0 Å². The van der Waals surface area contributed by atoms with Gasteiger partial charge in [0.15, 0.2) is 5.82 Å². The number of hydrogen-bond acceptors (Lipinski definition) is 5. The number of rotatable bonds is 4. The van der Waals surface area contributed by atoms with E-state index < -0.39 is 0 Å². The maximum Gasteiger partial charge on any atom is 0.244 e. The number of H-pyrrole nitrogens is 1. The number of amides is 1. The van der Waals surface area contributed by atoms with Crippen molar-refractivity contribution >= 4 is 12.0 Å². The van der Waals surface area contributed by atoms with Crippen molar-refractivity contribution in [3.05, 3.63) is 41.7 Å². The molecule has 1 amide bonds. The van der Waals surface area contributed by atoms with E-state index in [0.717, 1.165) is 5.56 Å².